The van der Waals surface area contributed by atoms with Crippen LogP contribution in [0.15, 0.2) is 36.7 Å². The highest BCUT2D eigenvalue weighted by Gasteiger charge is 2.28. The predicted octanol–water partition coefficient (Wildman–Crippen LogP) is 1.81. The van der Waals surface area contributed by atoms with Crippen LogP contribution < -0.4 is 14.8 Å². The van der Waals surface area contributed by atoms with Gasteiger partial charge in [-0.05, 0) is 31.0 Å². The minimum atomic E-state index is -0.644. The highest BCUT2D eigenvalue weighted by atomic mass is 16.6. The number of rotatable bonds is 4. The number of ether oxygens (including phenoxy) is 2. The summed E-state index contributed by atoms with van der Waals surface area (Å²) in [6.07, 6.45) is 3.30. The molecule has 1 fully saturated rings. The van der Waals surface area contributed by atoms with E-state index >= 15 is 0 Å². The molecule has 2 heterocycles. The molecule has 23 heavy (non-hydrogen) atoms. The van der Waals surface area contributed by atoms with Gasteiger partial charge in [-0.15, -0.1) is 0 Å². The van der Waals surface area contributed by atoms with Gasteiger partial charge >= 0.3 is 0 Å². The molecular weight excluding hydrogens is 294 g/mol. The van der Waals surface area contributed by atoms with Crippen molar-refractivity contribution in [1.82, 2.24) is 15.3 Å². The van der Waals surface area contributed by atoms with Gasteiger partial charge in [0.1, 0.15) is 12.9 Å². The van der Waals surface area contributed by atoms with Crippen LogP contribution in [0.25, 0.3) is 0 Å². The first-order valence-electron chi connectivity index (χ1n) is 7.76. The molecule has 0 radical (unpaired) electrons. The summed E-state index contributed by atoms with van der Waals surface area (Å²) >= 11 is 0. The second-order valence-electron chi connectivity index (χ2n) is 5.79. The fourth-order valence-corrected chi connectivity index (χ4v) is 2.55. The van der Waals surface area contributed by atoms with E-state index in [1.165, 1.54) is 12.8 Å². The van der Waals surface area contributed by atoms with E-state index in [-0.39, 0.29) is 12.5 Å². The van der Waals surface area contributed by atoms with Gasteiger partial charge < -0.3 is 14.8 Å². The summed E-state index contributed by atoms with van der Waals surface area (Å²) in [7, 11) is 0. The maximum absolute atomic E-state index is 12.3. The standard InChI is InChI=1S/C17H17N3O3/c21-17(16-9-22-14-3-1-2-4-15(14)23-16)18-8-12-7-13(11-5-6-11)20-10-19-12/h1-4,7,10-11,16H,5-6,8-9H2,(H,18,21). The van der Waals surface area contributed by atoms with Gasteiger partial charge in [-0.3, -0.25) is 4.79 Å². The molecule has 1 aromatic carbocycles. The summed E-state index contributed by atoms with van der Waals surface area (Å²) in [5.74, 6) is 1.63. The molecular formula is C17H17N3O3. The van der Waals surface area contributed by atoms with Crippen LogP contribution in [0.2, 0.25) is 0 Å². The smallest absolute Gasteiger partial charge is 0.265 e. The first-order chi connectivity index (χ1) is 11.3. The van der Waals surface area contributed by atoms with Crippen molar-refractivity contribution in [1.29, 1.82) is 0 Å². The molecule has 6 nitrogen and oxygen atoms in total. The Hall–Kier alpha value is -2.63. The number of nitrogens with one attached hydrogen (secondary N) is 1. The van der Waals surface area contributed by atoms with E-state index in [1.54, 1.807) is 12.4 Å². The Morgan fingerprint density at radius 2 is 2.04 bits per heavy atom. The molecule has 1 N–H and O–H groups in total. The van der Waals surface area contributed by atoms with Crippen LogP contribution in [0.3, 0.4) is 0 Å². The lowest BCUT2D eigenvalue weighted by Gasteiger charge is -2.25. The Balaban J connectivity index is 1.36. The van der Waals surface area contributed by atoms with Crippen molar-refractivity contribution < 1.29 is 14.3 Å². The van der Waals surface area contributed by atoms with Crippen LogP contribution in [-0.2, 0) is 11.3 Å². The van der Waals surface area contributed by atoms with Gasteiger partial charge in [0.25, 0.3) is 5.91 Å². The summed E-state index contributed by atoms with van der Waals surface area (Å²) in [4.78, 5) is 20.7. The zero-order valence-electron chi connectivity index (χ0n) is 12.6. The third kappa shape index (κ3) is 3.11. The normalized spacial score (nSPS) is 19.2. The SMILES string of the molecule is O=C(NCc1cc(C2CC2)ncn1)C1COc2ccccc2O1. The largest absolute Gasteiger partial charge is 0.485 e. The number of hydrogen-bond donors (Lipinski definition) is 1. The number of amides is 1. The van der Waals surface area contributed by atoms with E-state index in [0.29, 0.717) is 24.0 Å². The van der Waals surface area contributed by atoms with E-state index < -0.39 is 6.10 Å². The van der Waals surface area contributed by atoms with Crippen molar-refractivity contribution >= 4 is 5.91 Å². The zero-order chi connectivity index (χ0) is 15.6. The molecule has 1 saturated carbocycles. The Kier molecular flexibility index (Phi) is 3.57. The number of carbonyl (C=O) groups is 1. The van der Waals surface area contributed by atoms with E-state index in [9.17, 15) is 4.79 Å². The van der Waals surface area contributed by atoms with Crippen LogP contribution in [-0.4, -0.2) is 28.6 Å². The lowest BCUT2D eigenvalue weighted by molar-refractivity contribution is -0.130. The third-order valence-electron chi connectivity index (χ3n) is 3.99. The fraction of sp³-hybridized carbons (Fsp3) is 0.353. The third-order valence-corrected chi connectivity index (χ3v) is 3.99. The number of fused-ring (bicyclic) bond motifs is 1. The van der Waals surface area contributed by atoms with Crippen molar-refractivity contribution in [3.63, 3.8) is 0 Å². The topological polar surface area (TPSA) is 73.3 Å². The molecule has 2 aliphatic rings. The molecule has 1 aromatic heterocycles. The molecule has 1 atom stereocenters. The van der Waals surface area contributed by atoms with Gasteiger partial charge in [0.15, 0.2) is 11.5 Å². The second-order valence-corrected chi connectivity index (χ2v) is 5.79. The Bertz CT molecular complexity index is 731. The van der Waals surface area contributed by atoms with E-state index in [1.807, 2.05) is 24.3 Å². The maximum Gasteiger partial charge on any atom is 0.265 e. The number of hydrogen-bond acceptors (Lipinski definition) is 5. The number of nitrogens with zero attached hydrogens (tertiary/aromatic N) is 2. The maximum atomic E-state index is 12.3. The quantitative estimate of drug-likeness (QED) is 0.932. The molecule has 4 rings (SSSR count). The number of benzene rings is 1. The van der Waals surface area contributed by atoms with Crippen LogP contribution in [0, 0.1) is 0 Å². The average Bonchev–Trinajstić information content (AvgIpc) is 3.44. The van der Waals surface area contributed by atoms with Crippen LogP contribution >= 0.6 is 0 Å². The van der Waals surface area contributed by atoms with Crippen LogP contribution in [0.1, 0.15) is 30.1 Å². The molecule has 1 amide bonds. The van der Waals surface area contributed by atoms with Crippen LogP contribution in [0.4, 0.5) is 0 Å². The van der Waals surface area contributed by atoms with Crippen molar-refractivity contribution in [2.24, 2.45) is 0 Å². The first-order valence-corrected chi connectivity index (χ1v) is 7.76. The van der Waals surface area contributed by atoms with Gasteiger partial charge in [-0.2, -0.15) is 0 Å². The minimum Gasteiger partial charge on any atom is -0.485 e. The lowest BCUT2D eigenvalue weighted by atomic mass is 10.2. The summed E-state index contributed by atoms with van der Waals surface area (Å²) < 4.78 is 11.2. The molecule has 1 unspecified atom stereocenters. The Morgan fingerprint density at radius 3 is 2.87 bits per heavy atom. The van der Waals surface area contributed by atoms with Crippen LogP contribution in [0.5, 0.6) is 11.5 Å². The van der Waals surface area contributed by atoms with E-state index in [4.69, 9.17) is 9.47 Å². The molecule has 118 valence electrons. The second kappa shape index (κ2) is 5.87. The summed E-state index contributed by atoms with van der Waals surface area (Å²) in [6, 6.07) is 9.30. The highest BCUT2D eigenvalue weighted by Crippen LogP contribution is 2.38. The van der Waals surface area contributed by atoms with Crippen molar-refractivity contribution in [2.75, 3.05) is 6.61 Å². The van der Waals surface area contributed by atoms with E-state index in [2.05, 4.69) is 15.3 Å². The fourth-order valence-electron chi connectivity index (χ4n) is 2.55. The minimum absolute atomic E-state index is 0.203. The van der Waals surface area contributed by atoms with Gasteiger partial charge in [0, 0.05) is 11.6 Å². The van der Waals surface area contributed by atoms with Gasteiger partial charge in [-0.25, -0.2) is 9.97 Å². The molecule has 0 saturated heterocycles. The zero-order valence-corrected chi connectivity index (χ0v) is 12.6. The van der Waals surface area contributed by atoms with Crippen molar-refractivity contribution in [3.05, 3.63) is 48.0 Å². The molecule has 6 heteroatoms. The number of para-hydroxylation sites is 2. The Morgan fingerprint density at radius 1 is 1.22 bits per heavy atom. The number of carbonyl (C=O) groups excluding carboxylic acids is 1. The predicted molar refractivity (Wildman–Crippen MR) is 82.2 cm³/mol. The monoisotopic (exact) mass is 311 g/mol. The van der Waals surface area contributed by atoms with Gasteiger partial charge in [0.05, 0.1) is 12.2 Å². The van der Waals surface area contributed by atoms with Gasteiger partial charge in [-0.1, -0.05) is 12.1 Å². The first kappa shape index (κ1) is 14.0. The van der Waals surface area contributed by atoms with Gasteiger partial charge in [0.2, 0.25) is 6.10 Å². The number of aromatic nitrogens is 2. The van der Waals surface area contributed by atoms with Crippen molar-refractivity contribution in [2.45, 2.75) is 31.4 Å². The molecule has 2 aromatic rings. The van der Waals surface area contributed by atoms with E-state index in [0.717, 1.165) is 11.4 Å². The summed E-state index contributed by atoms with van der Waals surface area (Å²) in [5.41, 5.74) is 1.88. The molecule has 0 spiro atoms. The molecule has 0 bridgehead atoms. The lowest BCUT2D eigenvalue weighted by Crippen LogP contribution is -2.43. The summed E-state index contributed by atoms with van der Waals surface area (Å²) in [6.45, 7) is 0.572. The van der Waals surface area contributed by atoms with Crippen molar-refractivity contribution in [3.8, 4) is 11.5 Å². The average molecular weight is 311 g/mol. The summed E-state index contributed by atoms with van der Waals surface area (Å²) in [5, 5.41) is 2.85. The molecule has 1 aliphatic carbocycles. The highest BCUT2D eigenvalue weighted by molar-refractivity contribution is 5.81. The molecule has 1 aliphatic heterocycles. The Labute approximate surface area is 133 Å².